The Kier molecular flexibility index (Phi) is 8.99. The van der Waals surface area contributed by atoms with Gasteiger partial charge in [0.05, 0.1) is 13.0 Å². The second-order valence-corrected chi connectivity index (χ2v) is 9.30. The van der Waals surface area contributed by atoms with E-state index in [1.807, 2.05) is 0 Å². The number of aliphatic hydroxyl groups is 6. The zero-order valence-corrected chi connectivity index (χ0v) is 18.6. The van der Waals surface area contributed by atoms with Crippen molar-refractivity contribution < 1.29 is 78.3 Å². The standard InChI is InChI=1S/C18H37N5O10/c19-2-6-11(26)13(28)9(23)17(30-6)32-15-5(21)1-4(20)10(25)16(15)33-18-14(29)12(27)8(22)7(3-24)31-18/h4-18,24-29H,1-3,19-23H2/p+5/t4-,5+,6-,7-,8-,9-,10+,11-,12-,13-,14-,15-,16-,17-,18+/m1/s1. The first-order valence-corrected chi connectivity index (χ1v) is 11.3. The molecule has 15 atom stereocenters. The van der Waals surface area contributed by atoms with Crippen molar-refractivity contribution in [1.82, 2.24) is 0 Å². The molecule has 1 saturated carbocycles. The number of hydrogen-bond donors (Lipinski definition) is 11. The summed E-state index contributed by atoms with van der Waals surface area (Å²) in [7, 11) is 0. The molecule has 0 aromatic rings. The van der Waals surface area contributed by atoms with Gasteiger partial charge in [-0.15, -0.1) is 0 Å². The minimum Gasteiger partial charge on any atom is -0.393 e. The van der Waals surface area contributed by atoms with E-state index >= 15 is 0 Å². The summed E-state index contributed by atoms with van der Waals surface area (Å²) < 4.78 is 23.4. The van der Waals surface area contributed by atoms with Gasteiger partial charge in [0.1, 0.15) is 79.6 Å². The molecule has 15 heteroatoms. The molecule has 3 rings (SSSR count). The van der Waals surface area contributed by atoms with Gasteiger partial charge in [0, 0.05) is 0 Å². The summed E-state index contributed by atoms with van der Waals surface area (Å²) in [6.07, 6.45) is -12.1. The maximum Gasteiger partial charge on any atom is 0.214 e. The Morgan fingerprint density at radius 1 is 0.667 bits per heavy atom. The third-order valence-electron chi connectivity index (χ3n) is 6.94. The Hall–Kier alpha value is -0.600. The highest BCUT2D eigenvalue weighted by Crippen LogP contribution is 2.30. The van der Waals surface area contributed by atoms with Crippen molar-refractivity contribution >= 4 is 0 Å². The van der Waals surface area contributed by atoms with Crippen LogP contribution in [-0.2, 0) is 18.9 Å². The molecule has 0 unspecified atom stereocenters. The second-order valence-electron chi connectivity index (χ2n) is 9.30. The largest absolute Gasteiger partial charge is 0.393 e. The van der Waals surface area contributed by atoms with Crippen molar-refractivity contribution in [3.05, 3.63) is 0 Å². The van der Waals surface area contributed by atoms with Crippen LogP contribution in [0, 0.1) is 0 Å². The van der Waals surface area contributed by atoms with Crippen LogP contribution < -0.4 is 28.7 Å². The minimum atomic E-state index is -1.49. The first kappa shape index (κ1) is 27.0. The highest BCUT2D eigenvalue weighted by atomic mass is 16.7. The van der Waals surface area contributed by atoms with E-state index in [2.05, 4.69) is 28.7 Å². The quantitative estimate of drug-likeness (QED) is 0.168. The predicted molar refractivity (Wildman–Crippen MR) is 103 cm³/mol. The van der Waals surface area contributed by atoms with Crippen LogP contribution in [0.15, 0.2) is 0 Å². The fourth-order valence-corrected chi connectivity index (χ4v) is 4.69. The number of quaternary nitrogens is 5. The minimum absolute atomic E-state index is 0.182. The van der Waals surface area contributed by atoms with Crippen molar-refractivity contribution in [3.8, 4) is 0 Å². The highest BCUT2D eigenvalue weighted by molar-refractivity contribution is 4.97. The zero-order valence-electron chi connectivity index (χ0n) is 18.6. The van der Waals surface area contributed by atoms with Gasteiger partial charge >= 0.3 is 0 Å². The van der Waals surface area contributed by atoms with Gasteiger partial charge in [-0.25, -0.2) is 0 Å². The fraction of sp³-hybridized carbons (Fsp3) is 1.00. The third kappa shape index (κ3) is 5.32. The molecule has 0 aromatic carbocycles. The number of ether oxygens (including phenoxy) is 4. The predicted octanol–water partition coefficient (Wildman–Crippen LogP) is -10.9. The van der Waals surface area contributed by atoms with Crippen molar-refractivity contribution in [2.45, 2.75) is 98.1 Å². The van der Waals surface area contributed by atoms with Gasteiger partial charge in [-0.3, -0.25) is 0 Å². The summed E-state index contributed by atoms with van der Waals surface area (Å²) in [6.45, 7) is -0.270. The van der Waals surface area contributed by atoms with Gasteiger partial charge in [-0.05, 0) is 0 Å². The lowest BCUT2D eigenvalue weighted by molar-refractivity contribution is -0.539. The monoisotopic (exact) mass is 488 g/mol. The molecular formula is C18H42N5O10+5. The maximum absolute atomic E-state index is 10.9. The van der Waals surface area contributed by atoms with Crippen LogP contribution in [0.25, 0.3) is 0 Å². The normalized spacial score (nSPS) is 53.7. The lowest BCUT2D eigenvalue weighted by Crippen LogP contribution is -2.84. The lowest BCUT2D eigenvalue weighted by Gasteiger charge is -2.46. The van der Waals surface area contributed by atoms with E-state index in [-0.39, 0.29) is 6.54 Å². The topological polar surface area (TPSA) is 296 Å². The Bertz CT molecular complexity index is 635. The summed E-state index contributed by atoms with van der Waals surface area (Å²) in [6, 6.07) is -2.54. The average molecular weight is 489 g/mol. The lowest BCUT2D eigenvalue weighted by atomic mass is 9.84. The van der Waals surface area contributed by atoms with E-state index < -0.39 is 98.3 Å². The van der Waals surface area contributed by atoms with Crippen LogP contribution in [0.2, 0.25) is 0 Å². The number of hydrogen-bond acceptors (Lipinski definition) is 10. The van der Waals surface area contributed by atoms with E-state index in [4.69, 9.17) is 18.9 Å². The summed E-state index contributed by atoms with van der Waals surface area (Å²) in [5.74, 6) is 0. The van der Waals surface area contributed by atoms with Crippen LogP contribution in [0.3, 0.4) is 0 Å². The third-order valence-corrected chi connectivity index (χ3v) is 6.94. The molecule has 0 spiro atoms. The van der Waals surface area contributed by atoms with Crippen LogP contribution in [-0.4, -0.2) is 135 Å². The number of rotatable bonds is 6. The SMILES string of the molecule is [NH3+]C[C@H]1O[C@H](O[C@H]2[C@H](O[C@@H]3O[C@H](CO)[C@@H]([NH3+])[C@@H](O)[C@H]3O)[C@@H](O)[C@H]([NH3+])C[C@@H]2[NH3+])[C@H]([NH3+])[C@@H](O)[C@@H]1O. The van der Waals surface area contributed by atoms with Crippen molar-refractivity contribution in [3.63, 3.8) is 0 Å². The van der Waals surface area contributed by atoms with E-state index in [9.17, 15) is 30.6 Å². The molecule has 3 aliphatic rings. The van der Waals surface area contributed by atoms with Crippen LogP contribution in [0.4, 0.5) is 0 Å². The molecule has 2 aliphatic heterocycles. The first-order chi connectivity index (χ1) is 15.5. The smallest absolute Gasteiger partial charge is 0.214 e. The molecule has 2 saturated heterocycles. The van der Waals surface area contributed by atoms with Gasteiger partial charge in [-0.2, -0.15) is 0 Å². The molecular weight excluding hydrogens is 446 g/mol. The molecule has 194 valence electrons. The molecule has 0 bridgehead atoms. The molecule has 0 aromatic heterocycles. The summed E-state index contributed by atoms with van der Waals surface area (Å²) in [4.78, 5) is 0. The van der Waals surface area contributed by atoms with E-state index in [1.54, 1.807) is 0 Å². The summed E-state index contributed by atoms with van der Waals surface area (Å²) in [5, 5.41) is 61.7. The van der Waals surface area contributed by atoms with Gasteiger partial charge < -0.3 is 78.3 Å². The zero-order chi connectivity index (χ0) is 24.6. The van der Waals surface area contributed by atoms with Crippen LogP contribution in [0.1, 0.15) is 6.42 Å². The molecule has 15 nitrogen and oxygen atoms in total. The highest BCUT2D eigenvalue weighted by Gasteiger charge is 2.55. The molecule has 1 aliphatic carbocycles. The first-order valence-electron chi connectivity index (χ1n) is 11.3. The van der Waals surface area contributed by atoms with Gasteiger partial charge in [0.15, 0.2) is 12.3 Å². The van der Waals surface area contributed by atoms with E-state index in [0.29, 0.717) is 6.42 Å². The summed E-state index contributed by atoms with van der Waals surface area (Å²) in [5.41, 5.74) is 19.3. The molecule has 2 heterocycles. The molecule has 21 N–H and O–H groups in total. The molecule has 0 radical (unpaired) electrons. The molecule has 3 fully saturated rings. The molecule has 0 amide bonds. The Morgan fingerprint density at radius 3 is 1.85 bits per heavy atom. The van der Waals surface area contributed by atoms with Crippen LogP contribution >= 0.6 is 0 Å². The van der Waals surface area contributed by atoms with Crippen molar-refractivity contribution in [1.29, 1.82) is 0 Å². The van der Waals surface area contributed by atoms with Gasteiger partial charge in [0.25, 0.3) is 0 Å². The fourth-order valence-electron chi connectivity index (χ4n) is 4.69. The summed E-state index contributed by atoms with van der Waals surface area (Å²) >= 11 is 0. The average Bonchev–Trinajstić information content (AvgIpc) is 2.79. The Labute approximate surface area is 190 Å². The van der Waals surface area contributed by atoms with Gasteiger partial charge in [-0.1, -0.05) is 0 Å². The van der Waals surface area contributed by atoms with Crippen molar-refractivity contribution in [2.24, 2.45) is 0 Å². The second kappa shape index (κ2) is 11.0. The van der Waals surface area contributed by atoms with Gasteiger partial charge in [0.2, 0.25) is 6.29 Å². The molecule has 33 heavy (non-hydrogen) atoms. The number of aliphatic hydroxyl groups excluding tert-OH is 6. The van der Waals surface area contributed by atoms with Crippen LogP contribution in [0.5, 0.6) is 0 Å². The Balaban J connectivity index is 1.80. The Morgan fingerprint density at radius 2 is 1.24 bits per heavy atom. The van der Waals surface area contributed by atoms with Crippen molar-refractivity contribution in [2.75, 3.05) is 13.2 Å². The van der Waals surface area contributed by atoms with E-state index in [0.717, 1.165) is 0 Å². The maximum atomic E-state index is 10.9. The van der Waals surface area contributed by atoms with E-state index in [1.165, 1.54) is 0 Å².